The number of hydrogen-bond donors (Lipinski definition) is 2. The highest BCUT2D eigenvalue weighted by Gasteiger charge is 2.48. The summed E-state index contributed by atoms with van der Waals surface area (Å²) in [6.07, 6.45) is -0.733. The minimum Gasteiger partial charge on any atom is -0.414 e. The molecule has 0 aromatic heterocycles. The molecule has 0 saturated carbocycles. The third-order valence-electron chi connectivity index (χ3n) is 7.74. The second kappa shape index (κ2) is 9.21. The standard InChI is InChI=1S/C22H46O6Si2/c1-21(2,3)29(7,8)25-13-15(23)17-11-19-20(27-17)12-18(28-19)16(24)14-26-30(9,10)22(4,5)6/h15-20,23-24H,11-14H2,1-10H3/t15-,16+,17+,18-,19-,20-/m1/s1. The van der Waals surface area contributed by atoms with E-state index in [0.29, 0.717) is 26.1 Å². The van der Waals surface area contributed by atoms with Gasteiger partial charge in [0.15, 0.2) is 16.6 Å². The lowest BCUT2D eigenvalue weighted by molar-refractivity contribution is -0.0642. The average Bonchev–Trinajstić information content (AvgIpc) is 3.14. The first-order valence-electron chi connectivity index (χ1n) is 11.4. The van der Waals surface area contributed by atoms with Crippen LogP contribution in [0.3, 0.4) is 0 Å². The van der Waals surface area contributed by atoms with Gasteiger partial charge >= 0.3 is 0 Å². The SMILES string of the molecule is CC(C)(C)[Si](C)(C)OC[C@@H](O)[C@@H]1C[C@H]2O[C@@H]([C@@H](O)CO[Si](C)(C)C(C)(C)C)C[C@H]2O1. The van der Waals surface area contributed by atoms with Crippen LogP contribution in [0.2, 0.25) is 36.3 Å². The zero-order valence-electron chi connectivity index (χ0n) is 20.8. The van der Waals surface area contributed by atoms with Gasteiger partial charge in [-0.25, -0.2) is 0 Å². The van der Waals surface area contributed by atoms with Crippen LogP contribution in [-0.2, 0) is 18.3 Å². The Kier molecular flexibility index (Phi) is 8.12. The molecule has 2 fully saturated rings. The van der Waals surface area contributed by atoms with E-state index < -0.39 is 28.8 Å². The van der Waals surface area contributed by atoms with Gasteiger partial charge in [-0.15, -0.1) is 0 Å². The summed E-state index contributed by atoms with van der Waals surface area (Å²) in [7, 11) is -3.80. The number of fused-ring (bicyclic) bond motifs is 1. The van der Waals surface area contributed by atoms with Gasteiger partial charge in [0.1, 0.15) is 12.2 Å². The fourth-order valence-corrected chi connectivity index (χ4v) is 5.38. The van der Waals surface area contributed by atoms with E-state index in [4.69, 9.17) is 18.3 Å². The minimum atomic E-state index is -1.90. The molecule has 178 valence electrons. The third kappa shape index (κ3) is 6.16. The number of ether oxygens (including phenoxy) is 2. The molecule has 2 aliphatic rings. The average molecular weight is 463 g/mol. The van der Waals surface area contributed by atoms with E-state index >= 15 is 0 Å². The molecule has 2 rings (SSSR count). The Morgan fingerprint density at radius 2 is 1.03 bits per heavy atom. The summed E-state index contributed by atoms with van der Waals surface area (Å²) in [5, 5.41) is 21.4. The maximum absolute atomic E-state index is 10.6. The molecule has 2 saturated heterocycles. The van der Waals surface area contributed by atoms with Gasteiger partial charge < -0.3 is 28.5 Å². The van der Waals surface area contributed by atoms with E-state index in [1.54, 1.807) is 0 Å². The topological polar surface area (TPSA) is 77.4 Å². The Morgan fingerprint density at radius 3 is 1.30 bits per heavy atom. The van der Waals surface area contributed by atoms with Gasteiger partial charge in [-0.2, -0.15) is 0 Å². The zero-order chi connectivity index (χ0) is 23.1. The molecule has 30 heavy (non-hydrogen) atoms. The highest BCUT2D eigenvalue weighted by Crippen LogP contribution is 2.40. The van der Waals surface area contributed by atoms with E-state index in [1.807, 2.05) is 0 Å². The minimum absolute atomic E-state index is 0.0787. The molecule has 0 unspecified atom stereocenters. The lowest BCUT2D eigenvalue weighted by atomic mass is 10.1. The Hall–Kier alpha value is 0.194. The highest BCUT2D eigenvalue weighted by molar-refractivity contribution is 6.74. The second-order valence-corrected chi connectivity index (χ2v) is 21.8. The van der Waals surface area contributed by atoms with Crippen molar-refractivity contribution in [1.82, 2.24) is 0 Å². The molecule has 2 heterocycles. The van der Waals surface area contributed by atoms with Gasteiger partial charge in [-0.1, -0.05) is 41.5 Å². The van der Waals surface area contributed by atoms with E-state index in [9.17, 15) is 10.2 Å². The fraction of sp³-hybridized carbons (Fsp3) is 1.00. The number of rotatable bonds is 8. The van der Waals surface area contributed by atoms with E-state index in [2.05, 4.69) is 67.7 Å². The van der Waals surface area contributed by atoms with Crippen molar-refractivity contribution in [2.45, 2.75) is 127 Å². The normalized spacial score (nSPS) is 30.4. The Bertz CT molecular complexity index is 507. The van der Waals surface area contributed by atoms with Crippen molar-refractivity contribution >= 4 is 16.6 Å². The van der Waals surface area contributed by atoms with Crippen LogP contribution in [0.4, 0.5) is 0 Å². The molecule has 0 bridgehead atoms. The predicted molar refractivity (Wildman–Crippen MR) is 125 cm³/mol. The monoisotopic (exact) mass is 462 g/mol. The molecule has 8 heteroatoms. The van der Waals surface area contributed by atoms with Gasteiger partial charge in [0, 0.05) is 12.8 Å². The van der Waals surface area contributed by atoms with E-state index in [1.165, 1.54) is 0 Å². The van der Waals surface area contributed by atoms with Crippen molar-refractivity contribution in [2.24, 2.45) is 0 Å². The summed E-state index contributed by atoms with van der Waals surface area (Å²) in [4.78, 5) is 0. The van der Waals surface area contributed by atoms with Gasteiger partial charge in [0.05, 0.1) is 37.6 Å². The Balaban J connectivity index is 1.79. The largest absolute Gasteiger partial charge is 0.414 e. The molecule has 0 radical (unpaired) electrons. The van der Waals surface area contributed by atoms with Gasteiger partial charge in [-0.05, 0) is 36.3 Å². The molecule has 2 aliphatic heterocycles. The number of aliphatic hydroxyl groups excluding tert-OH is 2. The van der Waals surface area contributed by atoms with Gasteiger partial charge in [0.25, 0.3) is 0 Å². The summed E-state index contributed by atoms with van der Waals surface area (Å²) in [5.74, 6) is 0. The number of aliphatic hydroxyl groups is 2. The van der Waals surface area contributed by atoms with Crippen molar-refractivity contribution in [3.63, 3.8) is 0 Å². The Morgan fingerprint density at radius 1 is 0.733 bits per heavy atom. The van der Waals surface area contributed by atoms with Crippen LogP contribution in [0.5, 0.6) is 0 Å². The van der Waals surface area contributed by atoms with Crippen molar-refractivity contribution in [3.8, 4) is 0 Å². The van der Waals surface area contributed by atoms with Crippen LogP contribution in [-0.4, -0.2) is 76.7 Å². The van der Waals surface area contributed by atoms with Crippen LogP contribution in [0.1, 0.15) is 54.4 Å². The molecular formula is C22H46O6Si2. The van der Waals surface area contributed by atoms with Crippen LogP contribution in [0.25, 0.3) is 0 Å². The second-order valence-electron chi connectivity index (χ2n) is 12.2. The van der Waals surface area contributed by atoms with Crippen LogP contribution >= 0.6 is 0 Å². The van der Waals surface area contributed by atoms with Crippen LogP contribution in [0, 0.1) is 0 Å². The molecule has 0 aromatic rings. The fourth-order valence-electron chi connectivity index (χ4n) is 3.34. The summed E-state index contributed by atoms with van der Waals surface area (Å²) in [6.45, 7) is 22.5. The molecule has 0 aromatic carbocycles. The first-order chi connectivity index (χ1) is 13.4. The van der Waals surface area contributed by atoms with E-state index in [0.717, 1.165) is 0 Å². The summed E-state index contributed by atoms with van der Waals surface area (Å²) < 4.78 is 24.5. The maximum Gasteiger partial charge on any atom is 0.192 e. The summed E-state index contributed by atoms with van der Waals surface area (Å²) in [5.41, 5.74) is 0. The van der Waals surface area contributed by atoms with Crippen molar-refractivity contribution in [3.05, 3.63) is 0 Å². The first kappa shape index (κ1) is 26.4. The lowest BCUT2D eigenvalue weighted by Gasteiger charge is -2.37. The molecule has 0 amide bonds. The van der Waals surface area contributed by atoms with E-state index in [-0.39, 0.29) is 34.5 Å². The first-order valence-corrected chi connectivity index (χ1v) is 17.2. The molecule has 6 atom stereocenters. The molecule has 6 nitrogen and oxygen atoms in total. The predicted octanol–water partition coefficient (Wildman–Crippen LogP) is 4.07. The van der Waals surface area contributed by atoms with Crippen LogP contribution in [0.15, 0.2) is 0 Å². The van der Waals surface area contributed by atoms with Crippen molar-refractivity contribution in [1.29, 1.82) is 0 Å². The maximum atomic E-state index is 10.6. The number of hydrogen-bond acceptors (Lipinski definition) is 6. The zero-order valence-corrected chi connectivity index (χ0v) is 22.8. The summed E-state index contributed by atoms with van der Waals surface area (Å²) >= 11 is 0. The lowest BCUT2D eigenvalue weighted by Crippen LogP contribution is -2.45. The summed E-state index contributed by atoms with van der Waals surface area (Å²) in [6, 6.07) is 0. The molecule has 0 aliphatic carbocycles. The van der Waals surface area contributed by atoms with Gasteiger partial charge in [0.2, 0.25) is 0 Å². The molecule has 2 N–H and O–H groups in total. The Labute approximate surface area is 185 Å². The van der Waals surface area contributed by atoms with Crippen molar-refractivity contribution in [2.75, 3.05) is 13.2 Å². The smallest absolute Gasteiger partial charge is 0.192 e. The third-order valence-corrected chi connectivity index (χ3v) is 16.7. The highest BCUT2D eigenvalue weighted by atomic mass is 28.4. The molecular weight excluding hydrogens is 416 g/mol. The van der Waals surface area contributed by atoms with Gasteiger partial charge in [-0.3, -0.25) is 0 Å². The molecule has 0 spiro atoms. The van der Waals surface area contributed by atoms with Crippen LogP contribution < -0.4 is 0 Å². The quantitative estimate of drug-likeness (QED) is 0.530. The van der Waals surface area contributed by atoms with Crippen molar-refractivity contribution < 1.29 is 28.5 Å².